The molecule has 1 heterocycles. The highest BCUT2D eigenvalue weighted by Gasteiger charge is 2.37. The predicted molar refractivity (Wildman–Crippen MR) is 127 cm³/mol. The van der Waals surface area contributed by atoms with E-state index in [4.69, 9.17) is 4.74 Å². The fraction of sp³-hybridized carbons (Fsp3) is 0.222. The molecule has 0 saturated carbocycles. The van der Waals surface area contributed by atoms with Crippen LogP contribution in [0.25, 0.3) is 11.1 Å². The van der Waals surface area contributed by atoms with Crippen molar-refractivity contribution in [3.8, 4) is 11.1 Å². The molecule has 3 aromatic rings. The number of para-hydroxylation sites is 1. The molecule has 2 aliphatic rings. The Kier molecular flexibility index (Phi) is 5.76. The van der Waals surface area contributed by atoms with E-state index in [1.165, 1.54) is 17.0 Å². The number of fused-ring (bicyclic) bond motifs is 3. The summed E-state index contributed by atoms with van der Waals surface area (Å²) in [6.45, 7) is 0.592. The van der Waals surface area contributed by atoms with Crippen LogP contribution in [0.2, 0.25) is 0 Å². The van der Waals surface area contributed by atoms with Crippen LogP contribution < -0.4 is 5.32 Å². The molecule has 1 fully saturated rings. The van der Waals surface area contributed by atoms with E-state index in [0.29, 0.717) is 19.4 Å². The number of carbonyl (C=O) groups excluding carboxylic acids is 2. The van der Waals surface area contributed by atoms with Crippen molar-refractivity contribution >= 4 is 23.7 Å². The smallest absolute Gasteiger partial charge is 0.410 e. The Labute approximate surface area is 197 Å². The molecule has 34 heavy (non-hydrogen) atoms. The van der Waals surface area contributed by atoms with Crippen LogP contribution in [-0.2, 0) is 9.53 Å². The first kappa shape index (κ1) is 21.7. The summed E-state index contributed by atoms with van der Waals surface area (Å²) in [6.07, 6.45) is 0.625. The van der Waals surface area contributed by atoms with Crippen molar-refractivity contribution in [1.29, 1.82) is 0 Å². The summed E-state index contributed by atoms with van der Waals surface area (Å²) < 4.78 is 5.73. The maximum atomic E-state index is 13.0. The van der Waals surface area contributed by atoms with Crippen molar-refractivity contribution in [2.75, 3.05) is 18.5 Å². The second-order valence-electron chi connectivity index (χ2n) is 8.50. The number of amides is 2. The number of carboxylic acid groups (broad SMARTS) is 1. The van der Waals surface area contributed by atoms with Crippen LogP contribution in [0.4, 0.5) is 10.5 Å². The number of carbonyl (C=O) groups is 3. The molecule has 3 aromatic carbocycles. The van der Waals surface area contributed by atoms with Crippen LogP contribution >= 0.6 is 0 Å². The van der Waals surface area contributed by atoms with Gasteiger partial charge in [0.1, 0.15) is 12.6 Å². The molecule has 0 spiro atoms. The molecule has 172 valence electrons. The summed E-state index contributed by atoms with van der Waals surface area (Å²) in [5.74, 6) is -1.61. The number of ether oxygens (including phenoxy) is 1. The Morgan fingerprint density at radius 3 is 2.21 bits per heavy atom. The first-order valence-electron chi connectivity index (χ1n) is 11.3. The summed E-state index contributed by atoms with van der Waals surface area (Å²) in [5.41, 5.74) is 4.75. The number of nitrogens with one attached hydrogen (secondary N) is 1. The topological polar surface area (TPSA) is 95.9 Å². The largest absolute Gasteiger partial charge is 0.478 e. The van der Waals surface area contributed by atoms with Gasteiger partial charge in [0.2, 0.25) is 5.91 Å². The third-order valence-electron chi connectivity index (χ3n) is 6.54. The fourth-order valence-electron chi connectivity index (χ4n) is 4.93. The van der Waals surface area contributed by atoms with E-state index in [-0.39, 0.29) is 23.8 Å². The highest BCUT2D eigenvalue weighted by atomic mass is 16.6. The van der Waals surface area contributed by atoms with Crippen LogP contribution in [0.15, 0.2) is 72.8 Å². The lowest BCUT2D eigenvalue weighted by atomic mass is 9.98. The number of benzene rings is 3. The predicted octanol–water partition coefficient (Wildman–Crippen LogP) is 4.74. The molecule has 2 amide bonds. The third kappa shape index (κ3) is 3.90. The molecule has 0 radical (unpaired) electrons. The lowest BCUT2D eigenvalue weighted by molar-refractivity contribution is -0.120. The highest BCUT2D eigenvalue weighted by Crippen LogP contribution is 2.44. The van der Waals surface area contributed by atoms with Gasteiger partial charge in [0.15, 0.2) is 0 Å². The van der Waals surface area contributed by atoms with Gasteiger partial charge < -0.3 is 15.2 Å². The number of aromatic carboxylic acids is 1. The first-order valence-corrected chi connectivity index (χ1v) is 11.3. The van der Waals surface area contributed by atoms with E-state index in [0.717, 1.165) is 22.3 Å². The number of anilines is 1. The number of hydrogen-bond donors (Lipinski definition) is 2. The van der Waals surface area contributed by atoms with E-state index < -0.39 is 24.0 Å². The maximum Gasteiger partial charge on any atom is 0.410 e. The Morgan fingerprint density at radius 1 is 0.912 bits per heavy atom. The van der Waals surface area contributed by atoms with Crippen LogP contribution in [0.1, 0.15) is 40.2 Å². The molecule has 0 aromatic heterocycles. The average molecular weight is 456 g/mol. The van der Waals surface area contributed by atoms with Gasteiger partial charge in [-0.2, -0.15) is 0 Å². The van der Waals surface area contributed by atoms with Crippen molar-refractivity contribution in [2.24, 2.45) is 0 Å². The summed E-state index contributed by atoms with van der Waals surface area (Å²) in [4.78, 5) is 38.8. The molecule has 1 unspecified atom stereocenters. The zero-order chi connectivity index (χ0) is 23.7. The Balaban J connectivity index is 1.28. The molecule has 1 saturated heterocycles. The van der Waals surface area contributed by atoms with E-state index in [9.17, 15) is 19.5 Å². The highest BCUT2D eigenvalue weighted by molar-refractivity contribution is 6.03. The average Bonchev–Trinajstić information content (AvgIpc) is 3.46. The Hall–Kier alpha value is -4.13. The molecule has 1 atom stereocenters. The van der Waals surface area contributed by atoms with Gasteiger partial charge in [0.25, 0.3) is 0 Å². The third-order valence-corrected chi connectivity index (χ3v) is 6.54. The minimum absolute atomic E-state index is 0.00142. The molecule has 1 aliphatic heterocycles. The summed E-state index contributed by atoms with van der Waals surface area (Å²) in [5, 5.41) is 12.0. The Bertz CT molecular complexity index is 1230. The fourth-order valence-corrected chi connectivity index (χ4v) is 4.93. The molecule has 7 heteroatoms. The zero-order valence-electron chi connectivity index (χ0n) is 18.4. The minimum atomic E-state index is -1.13. The standard InChI is InChI=1S/C27H24N2O5/c30-25(28-23-13-6-5-12-21(23)26(31)32)24-14-7-15-29(24)27(33)34-16-22-19-10-3-1-8-17(19)18-9-2-4-11-20(18)22/h1-6,8-13,22,24H,7,14-16H2,(H,28,30)(H,31,32). The second-order valence-corrected chi connectivity index (χ2v) is 8.50. The molecule has 2 N–H and O–H groups in total. The minimum Gasteiger partial charge on any atom is -0.478 e. The maximum absolute atomic E-state index is 13.0. The molecule has 1 aliphatic carbocycles. The monoisotopic (exact) mass is 456 g/mol. The van der Waals surface area contributed by atoms with Crippen LogP contribution in [0.3, 0.4) is 0 Å². The van der Waals surface area contributed by atoms with Crippen LogP contribution in [-0.4, -0.2) is 47.2 Å². The molecule has 7 nitrogen and oxygen atoms in total. The number of nitrogens with zero attached hydrogens (tertiary/aromatic N) is 1. The van der Waals surface area contributed by atoms with Crippen LogP contribution in [0.5, 0.6) is 0 Å². The van der Waals surface area contributed by atoms with Crippen molar-refractivity contribution in [1.82, 2.24) is 4.90 Å². The van der Waals surface area contributed by atoms with Crippen LogP contribution in [0, 0.1) is 0 Å². The van der Waals surface area contributed by atoms with E-state index in [1.54, 1.807) is 12.1 Å². The van der Waals surface area contributed by atoms with E-state index in [1.807, 2.05) is 24.3 Å². The van der Waals surface area contributed by atoms with Gasteiger partial charge in [-0.05, 0) is 47.2 Å². The zero-order valence-corrected chi connectivity index (χ0v) is 18.4. The van der Waals surface area contributed by atoms with Gasteiger partial charge >= 0.3 is 12.1 Å². The normalized spacial score (nSPS) is 16.6. The lowest BCUT2D eigenvalue weighted by Gasteiger charge is -2.24. The van der Waals surface area contributed by atoms with Crippen molar-refractivity contribution in [3.05, 3.63) is 89.5 Å². The summed E-state index contributed by atoms with van der Waals surface area (Å²) in [6, 6.07) is 21.7. The molecule has 5 rings (SSSR count). The second kappa shape index (κ2) is 9.02. The number of likely N-dealkylation sites (tertiary alicyclic amines) is 1. The van der Waals surface area contributed by atoms with Crippen molar-refractivity contribution < 1.29 is 24.2 Å². The number of hydrogen-bond acceptors (Lipinski definition) is 4. The Morgan fingerprint density at radius 2 is 1.53 bits per heavy atom. The van der Waals surface area contributed by atoms with E-state index in [2.05, 4.69) is 29.6 Å². The quantitative estimate of drug-likeness (QED) is 0.578. The summed E-state index contributed by atoms with van der Waals surface area (Å²) >= 11 is 0. The lowest BCUT2D eigenvalue weighted by Crippen LogP contribution is -2.43. The van der Waals surface area contributed by atoms with Gasteiger partial charge in [0, 0.05) is 12.5 Å². The van der Waals surface area contributed by atoms with Crippen molar-refractivity contribution in [2.45, 2.75) is 24.8 Å². The van der Waals surface area contributed by atoms with Gasteiger partial charge in [-0.1, -0.05) is 60.7 Å². The number of carboxylic acids is 1. The van der Waals surface area contributed by atoms with Crippen molar-refractivity contribution in [3.63, 3.8) is 0 Å². The molecular weight excluding hydrogens is 432 g/mol. The van der Waals surface area contributed by atoms with Gasteiger partial charge in [-0.3, -0.25) is 9.69 Å². The van der Waals surface area contributed by atoms with Gasteiger partial charge in [0.05, 0.1) is 11.3 Å². The summed E-state index contributed by atoms with van der Waals surface area (Å²) in [7, 11) is 0. The van der Waals surface area contributed by atoms with E-state index >= 15 is 0 Å². The van der Waals surface area contributed by atoms with Gasteiger partial charge in [-0.25, -0.2) is 9.59 Å². The van der Waals surface area contributed by atoms with Gasteiger partial charge in [-0.15, -0.1) is 0 Å². The number of rotatable bonds is 5. The molecule has 0 bridgehead atoms. The first-order chi connectivity index (χ1) is 16.5. The molecular formula is C27H24N2O5. The SMILES string of the molecule is O=C(O)c1ccccc1NC(=O)C1CCCN1C(=O)OCC1c2ccccc2-c2ccccc21.